The highest BCUT2D eigenvalue weighted by molar-refractivity contribution is 7.22. The van der Waals surface area contributed by atoms with Gasteiger partial charge in [-0.25, -0.2) is 4.98 Å². The van der Waals surface area contributed by atoms with Gasteiger partial charge in [-0.15, -0.1) is 0 Å². The lowest BCUT2D eigenvalue weighted by atomic mass is 10.3. The van der Waals surface area contributed by atoms with E-state index in [0.717, 1.165) is 28.4 Å². The zero-order chi connectivity index (χ0) is 19.5. The summed E-state index contributed by atoms with van der Waals surface area (Å²) in [4.78, 5) is 21.2. The van der Waals surface area contributed by atoms with Gasteiger partial charge >= 0.3 is 0 Å². The molecule has 0 unspecified atom stereocenters. The zero-order valence-electron chi connectivity index (χ0n) is 15.4. The van der Waals surface area contributed by atoms with Gasteiger partial charge in [0.1, 0.15) is 17.0 Å². The number of aromatic nitrogens is 1. The number of amides is 1. The van der Waals surface area contributed by atoms with Crippen molar-refractivity contribution < 1.29 is 14.3 Å². The summed E-state index contributed by atoms with van der Waals surface area (Å²) in [5.74, 6) is 1.31. The van der Waals surface area contributed by atoms with E-state index in [-0.39, 0.29) is 12.5 Å². The molecule has 0 radical (unpaired) electrons. The zero-order valence-corrected chi connectivity index (χ0v) is 17.0. The van der Waals surface area contributed by atoms with Crippen molar-refractivity contribution in [3.8, 4) is 11.5 Å². The Bertz CT molecular complexity index is 986. The van der Waals surface area contributed by atoms with E-state index in [0.29, 0.717) is 29.6 Å². The lowest BCUT2D eigenvalue weighted by molar-refractivity contribution is -0.133. The van der Waals surface area contributed by atoms with E-state index in [1.54, 1.807) is 24.5 Å². The fourth-order valence-corrected chi connectivity index (χ4v) is 4.43. The summed E-state index contributed by atoms with van der Waals surface area (Å²) in [5, 5.41) is 1.62. The van der Waals surface area contributed by atoms with Crippen LogP contribution < -0.4 is 14.4 Å². The Balaban J connectivity index is 1.32. The van der Waals surface area contributed by atoms with Crippen LogP contribution in [0, 0.1) is 0 Å². The molecule has 1 aliphatic heterocycles. The standard InChI is InChI=1S/C20H20ClN3O3S/c1-26-14-4-2-5-15(12-14)27-13-18(25)23-8-10-24(11-9-23)20-22-19-16(21)6-3-7-17(19)28-20/h2-7,12H,8-11,13H2,1H3. The first kappa shape index (κ1) is 18.8. The van der Waals surface area contributed by atoms with Crippen molar-refractivity contribution in [3.05, 3.63) is 47.5 Å². The van der Waals surface area contributed by atoms with Crippen molar-refractivity contribution in [2.45, 2.75) is 0 Å². The highest BCUT2D eigenvalue weighted by Gasteiger charge is 2.23. The van der Waals surface area contributed by atoms with Gasteiger partial charge in [-0.3, -0.25) is 4.79 Å². The molecule has 1 amide bonds. The van der Waals surface area contributed by atoms with Gasteiger partial charge in [0.25, 0.3) is 5.91 Å². The number of nitrogens with zero attached hydrogens (tertiary/aromatic N) is 3. The number of thiazole rings is 1. The fourth-order valence-electron chi connectivity index (χ4n) is 3.11. The molecule has 1 fully saturated rings. The quantitative estimate of drug-likeness (QED) is 0.633. The van der Waals surface area contributed by atoms with Gasteiger partial charge in [0.15, 0.2) is 11.7 Å². The molecule has 0 spiro atoms. The number of fused-ring (bicyclic) bond motifs is 1. The number of hydrogen-bond acceptors (Lipinski definition) is 6. The first-order chi connectivity index (χ1) is 13.6. The monoisotopic (exact) mass is 417 g/mol. The third kappa shape index (κ3) is 4.00. The maximum absolute atomic E-state index is 12.5. The number of rotatable bonds is 5. The Morgan fingerprint density at radius 3 is 2.64 bits per heavy atom. The maximum Gasteiger partial charge on any atom is 0.260 e. The third-order valence-corrected chi connectivity index (χ3v) is 6.05. The van der Waals surface area contributed by atoms with E-state index in [4.69, 9.17) is 21.1 Å². The Labute approximate surface area is 172 Å². The molecule has 0 bridgehead atoms. The lowest BCUT2D eigenvalue weighted by Crippen LogP contribution is -2.50. The average molecular weight is 418 g/mol. The first-order valence-electron chi connectivity index (χ1n) is 8.98. The van der Waals surface area contributed by atoms with E-state index in [2.05, 4.69) is 9.88 Å². The van der Waals surface area contributed by atoms with E-state index in [1.807, 2.05) is 41.3 Å². The Hall–Kier alpha value is -2.51. The number of carbonyl (C=O) groups is 1. The summed E-state index contributed by atoms with van der Waals surface area (Å²) in [6, 6.07) is 13.1. The van der Waals surface area contributed by atoms with Gasteiger partial charge in [-0.05, 0) is 24.3 Å². The van der Waals surface area contributed by atoms with Crippen LogP contribution in [-0.2, 0) is 4.79 Å². The van der Waals surface area contributed by atoms with Crippen LogP contribution in [0.2, 0.25) is 5.02 Å². The molecule has 28 heavy (non-hydrogen) atoms. The maximum atomic E-state index is 12.5. The topological polar surface area (TPSA) is 54.9 Å². The fraction of sp³-hybridized carbons (Fsp3) is 0.300. The highest BCUT2D eigenvalue weighted by Crippen LogP contribution is 2.33. The van der Waals surface area contributed by atoms with Crippen LogP contribution in [-0.4, -0.2) is 55.7 Å². The summed E-state index contributed by atoms with van der Waals surface area (Å²) in [6.45, 7) is 2.78. The molecular formula is C20H20ClN3O3S. The van der Waals surface area contributed by atoms with Crippen LogP contribution in [0.25, 0.3) is 10.2 Å². The Morgan fingerprint density at radius 1 is 1.14 bits per heavy atom. The Kier molecular flexibility index (Phi) is 5.54. The minimum atomic E-state index is -0.0187. The Morgan fingerprint density at radius 2 is 1.89 bits per heavy atom. The molecular weight excluding hydrogens is 398 g/mol. The molecule has 2 aromatic carbocycles. The normalized spacial score (nSPS) is 14.4. The summed E-state index contributed by atoms with van der Waals surface area (Å²) in [6.07, 6.45) is 0. The average Bonchev–Trinajstić information content (AvgIpc) is 3.18. The number of benzene rings is 2. The molecule has 2 heterocycles. The van der Waals surface area contributed by atoms with Crippen molar-refractivity contribution in [2.24, 2.45) is 0 Å². The van der Waals surface area contributed by atoms with Crippen molar-refractivity contribution in [2.75, 3.05) is 44.8 Å². The number of anilines is 1. The SMILES string of the molecule is COc1cccc(OCC(=O)N2CCN(c3nc4c(Cl)cccc4s3)CC2)c1. The molecule has 0 atom stereocenters. The van der Waals surface area contributed by atoms with E-state index in [9.17, 15) is 4.79 Å². The van der Waals surface area contributed by atoms with Gasteiger partial charge in [0.2, 0.25) is 0 Å². The molecule has 0 aliphatic carbocycles. The number of carbonyl (C=O) groups excluding carboxylic acids is 1. The minimum absolute atomic E-state index is 0.0178. The van der Waals surface area contributed by atoms with E-state index >= 15 is 0 Å². The number of para-hydroxylation sites is 1. The van der Waals surface area contributed by atoms with Gasteiger partial charge in [0.05, 0.1) is 16.8 Å². The van der Waals surface area contributed by atoms with Gasteiger partial charge in [-0.2, -0.15) is 0 Å². The number of halogens is 1. The van der Waals surface area contributed by atoms with Crippen molar-refractivity contribution >= 4 is 44.2 Å². The van der Waals surface area contributed by atoms with Crippen LogP contribution in [0.1, 0.15) is 0 Å². The van der Waals surface area contributed by atoms with Crippen LogP contribution in [0.4, 0.5) is 5.13 Å². The molecule has 1 aliphatic rings. The second-order valence-corrected chi connectivity index (χ2v) is 7.83. The predicted octanol–water partition coefficient (Wildman–Crippen LogP) is 3.69. The molecule has 1 saturated heterocycles. The van der Waals surface area contributed by atoms with Crippen LogP contribution in [0.15, 0.2) is 42.5 Å². The molecule has 6 nitrogen and oxygen atoms in total. The predicted molar refractivity (Wildman–Crippen MR) is 112 cm³/mol. The molecule has 0 N–H and O–H groups in total. The number of hydrogen-bond donors (Lipinski definition) is 0. The lowest BCUT2D eigenvalue weighted by Gasteiger charge is -2.34. The molecule has 1 aromatic heterocycles. The highest BCUT2D eigenvalue weighted by atomic mass is 35.5. The number of ether oxygens (including phenoxy) is 2. The summed E-state index contributed by atoms with van der Waals surface area (Å²) < 4.78 is 11.9. The van der Waals surface area contributed by atoms with Crippen molar-refractivity contribution in [1.29, 1.82) is 0 Å². The summed E-state index contributed by atoms with van der Waals surface area (Å²) in [7, 11) is 1.60. The van der Waals surface area contributed by atoms with Crippen LogP contribution in [0.3, 0.4) is 0 Å². The van der Waals surface area contributed by atoms with Crippen LogP contribution >= 0.6 is 22.9 Å². The molecule has 8 heteroatoms. The van der Waals surface area contributed by atoms with Crippen molar-refractivity contribution in [1.82, 2.24) is 9.88 Å². The number of methoxy groups -OCH3 is 1. The minimum Gasteiger partial charge on any atom is -0.497 e. The first-order valence-corrected chi connectivity index (χ1v) is 10.2. The number of piperazine rings is 1. The second-order valence-electron chi connectivity index (χ2n) is 6.42. The molecule has 3 aromatic rings. The molecule has 4 rings (SSSR count). The molecule has 0 saturated carbocycles. The summed E-state index contributed by atoms with van der Waals surface area (Å²) in [5.41, 5.74) is 0.842. The van der Waals surface area contributed by atoms with E-state index in [1.165, 1.54) is 0 Å². The smallest absolute Gasteiger partial charge is 0.260 e. The van der Waals surface area contributed by atoms with Gasteiger partial charge < -0.3 is 19.3 Å². The largest absolute Gasteiger partial charge is 0.497 e. The van der Waals surface area contributed by atoms with Gasteiger partial charge in [-0.1, -0.05) is 35.1 Å². The van der Waals surface area contributed by atoms with Crippen LogP contribution in [0.5, 0.6) is 11.5 Å². The summed E-state index contributed by atoms with van der Waals surface area (Å²) >= 11 is 7.86. The van der Waals surface area contributed by atoms with Gasteiger partial charge in [0, 0.05) is 32.2 Å². The molecule has 146 valence electrons. The third-order valence-electron chi connectivity index (χ3n) is 4.66. The van der Waals surface area contributed by atoms with Crippen molar-refractivity contribution in [3.63, 3.8) is 0 Å². The van der Waals surface area contributed by atoms with E-state index < -0.39 is 0 Å². The second kappa shape index (κ2) is 8.24.